The molecule has 0 aliphatic carbocycles. The minimum absolute atomic E-state index is 0.0269. The first-order valence-corrected chi connectivity index (χ1v) is 11.7. The Kier molecular flexibility index (Phi) is 7.54. The highest BCUT2D eigenvalue weighted by Gasteiger charge is 2.21. The van der Waals surface area contributed by atoms with E-state index in [0.717, 1.165) is 17.8 Å². The maximum atomic E-state index is 13.5. The van der Waals surface area contributed by atoms with Gasteiger partial charge in [-0.05, 0) is 37.1 Å². The lowest BCUT2D eigenvalue weighted by molar-refractivity contribution is 0.288. The number of pyridine rings is 2. The second kappa shape index (κ2) is 11.0. The number of thioether (sulfide) groups is 1. The number of halogens is 2. The Morgan fingerprint density at radius 1 is 1.00 bits per heavy atom. The Hall–Kier alpha value is -4.32. The van der Waals surface area contributed by atoms with Crippen LogP contribution in [0.5, 0.6) is 0 Å². The lowest BCUT2D eigenvalue weighted by Crippen LogP contribution is -2.04. The third kappa shape index (κ3) is 5.18. The first kappa shape index (κ1) is 24.8. The van der Waals surface area contributed by atoms with Crippen molar-refractivity contribution in [1.29, 1.82) is 10.5 Å². The van der Waals surface area contributed by atoms with Crippen LogP contribution >= 0.6 is 11.8 Å². The number of nitrogens with zero attached hydrogens (tertiary/aromatic N) is 5. The molecule has 3 aromatic heterocycles. The summed E-state index contributed by atoms with van der Waals surface area (Å²) >= 11 is 1.17. The SMILES string of the molecule is N#Cc1c(N)nc(SCc2coc(-c3ccc(F)c(F)c3)n2)c(C#N)c1-c1ccc(CCCO)nc1. The summed E-state index contributed by atoms with van der Waals surface area (Å²) in [5, 5.41) is 28.9. The highest BCUT2D eigenvalue weighted by atomic mass is 32.2. The molecule has 8 nitrogen and oxygen atoms in total. The zero-order chi connectivity index (χ0) is 25.7. The number of aryl methyl sites for hydroxylation is 1. The molecule has 0 aliphatic rings. The Balaban J connectivity index is 1.63. The van der Waals surface area contributed by atoms with Crippen molar-refractivity contribution in [3.63, 3.8) is 0 Å². The summed E-state index contributed by atoms with van der Waals surface area (Å²) < 4.78 is 32.1. The molecule has 0 saturated carbocycles. The summed E-state index contributed by atoms with van der Waals surface area (Å²) in [6, 6.07) is 11.0. The topological polar surface area (TPSA) is 146 Å². The van der Waals surface area contributed by atoms with E-state index in [1.807, 2.05) is 6.07 Å². The van der Waals surface area contributed by atoms with Gasteiger partial charge < -0.3 is 15.3 Å². The molecule has 0 aliphatic heterocycles. The van der Waals surface area contributed by atoms with E-state index >= 15 is 0 Å². The smallest absolute Gasteiger partial charge is 0.226 e. The largest absolute Gasteiger partial charge is 0.444 e. The number of nitrogen functional groups attached to an aromatic ring is 1. The fraction of sp³-hybridized carbons (Fsp3) is 0.160. The van der Waals surface area contributed by atoms with Gasteiger partial charge in [0.1, 0.15) is 34.8 Å². The Bertz CT molecular complexity index is 1490. The molecule has 0 saturated heterocycles. The number of aliphatic hydroxyl groups is 1. The molecule has 0 spiro atoms. The van der Waals surface area contributed by atoms with E-state index in [0.29, 0.717) is 34.7 Å². The van der Waals surface area contributed by atoms with Crippen LogP contribution < -0.4 is 5.73 Å². The van der Waals surface area contributed by atoms with Crippen LogP contribution in [0.4, 0.5) is 14.6 Å². The average molecular weight is 505 g/mol. The van der Waals surface area contributed by atoms with Crippen LogP contribution in [0, 0.1) is 34.3 Å². The molecule has 4 aromatic rings. The van der Waals surface area contributed by atoms with Crippen molar-refractivity contribution in [2.75, 3.05) is 12.3 Å². The predicted molar refractivity (Wildman–Crippen MR) is 128 cm³/mol. The van der Waals surface area contributed by atoms with Crippen LogP contribution in [0.15, 0.2) is 52.2 Å². The lowest BCUT2D eigenvalue weighted by atomic mass is 9.98. The zero-order valence-corrected chi connectivity index (χ0v) is 19.5. The zero-order valence-electron chi connectivity index (χ0n) is 18.7. The third-order valence-corrected chi connectivity index (χ3v) is 6.20. The van der Waals surface area contributed by atoms with Gasteiger partial charge in [-0.1, -0.05) is 17.8 Å². The van der Waals surface area contributed by atoms with Crippen LogP contribution in [0.25, 0.3) is 22.6 Å². The normalized spacial score (nSPS) is 10.7. The molecule has 11 heteroatoms. The fourth-order valence-corrected chi connectivity index (χ4v) is 4.32. The minimum atomic E-state index is -1.01. The monoisotopic (exact) mass is 504 g/mol. The van der Waals surface area contributed by atoms with Crippen LogP contribution in [-0.2, 0) is 12.2 Å². The minimum Gasteiger partial charge on any atom is -0.444 e. The van der Waals surface area contributed by atoms with Crippen LogP contribution in [0.1, 0.15) is 28.9 Å². The van der Waals surface area contributed by atoms with Crippen LogP contribution in [0.3, 0.4) is 0 Å². The van der Waals surface area contributed by atoms with Gasteiger partial charge in [0.25, 0.3) is 0 Å². The number of hydrogen-bond donors (Lipinski definition) is 2. The molecule has 3 heterocycles. The summed E-state index contributed by atoms with van der Waals surface area (Å²) in [5.74, 6) is -1.66. The lowest BCUT2D eigenvalue weighted by Gasteiger charge is -2.13. The van der Waals surface area contributed by atoms with Gasteiger partial charge in [0, 0.05) is 40.9 Å². The first-order valence-electron chi connectivity index (χ1n) is 10.7. The van der Waals surface area contributed by atoms with Crippen molar-refractivity contribution in [1.82, 2.24) is 15.0 Å². The maximum absolute atomic E-state index is 13.5. The van der Waals surface area contributed by atoms with Gasteiger partial charge in [0.2, 0.25) is 5.89 Å². The van der Waals surface area contributed by atoms with Gasteiger partial charge in [-0.2, -0.15) is 10.5 Å². The number of nitrogens with two attached hydrogens (primary N) is 1. The quantitative estimate of drug-likeness (QED) is 0.328. The number of nitriles is 2. The summed E-state index contributed by atoms with van der Waals surface area (Å²) in [7, 11) is 0. The van der Waals surface area contributed by atoms with Crippen LogP contribution in [-0.4, -0.2) is 26.7 Å². The molecule has 0 unspecified atom stereocenters. The molecule has 0 amide bonds. The Morgan fingerprint density at radius 2 is 1.78 bits per heavy atom. The number of aromatic nitrogens is 3. The maximum Gasteiger partial charge on any atom is 0.226 e. The van der Waals surface area contributed by atoms with Crippen molar-refractivity contribution in [3.05, 3.63) is 76.9 Å². The van der Waals surface area contributed by atoms with Crippen molar-refractivity contribution >= 4 is 17.6 Å². The first-order chi connectivity index (χ1) is 17.4. The Morgan fingerprint density at radius 3 is 2.44 bits per heavy atom. The number of rotatable bonds is 8. The molecule has 0 radical (unpaired) electrons. The molecule has 180 valence electrons. The fourth-order valence-electron chi connectivity index (χ4n) is 3.45. The number of aliphatic hydroxyl groups excluding tert-OH is 1. The number of anilines is 1. The van der Waals surface area contributed by atoms with E-state index in [2.05, 4.69) is 21.0 Å². The molecule has 0 atom stereocenters. The second-order valence-corrected chi connectivity index (χ2v) is 8.54. The molecular formula is C25H18F2N6O2S. The van der Waals surface area contributed by atoms with E-state index in [1.54, 1.807) is 18.3 Å². The number of hydrogen-bond acceptors (Lipinski definition) is 9. The molecule has 36 heavy (non-hydrogen) atoms. The van der Waals surface area contributed by atoms with Crippen molar-refractivity contribution in [2.24, 2.45) is 0 Å². The van der Waals surface area contributed by atoms with E-state index in [-0.39, 0.29) is 40.8 Å². The molecule has 3 N–H and O–H groups in total. The standard InChI is InChI=1S/C25H18F2N6O2S/c26-20-6-4-14(8-21(20)27)24-32-17(12-35-24)13-36-25-19(10-29)22(18(9-28)23(30)33-25)15-3-5-16(31-11-15)2-1-7-34/h3-6,8,11-12,34H,1-2,7,13H2,(H2,30,33). The summed E-state index contributed by atoms with van der Waals surface area (Å²) in [5.41, 5.74) is 8.69. The highest BCUT2D eigenvalue weighted by molar-refractivity contribution is 7.98. The molecular weight excluding hydrogens is 486 g/mol. The Labute approximate surface area is 209 Å². The second-order valence-electron chi connectivity index (χ2n) is 7.58. The van der Waals surface area contributed by atoms with Gasteiger partial charge >= 0.3 is 0 Å². The van der Waals surface area contributed by atoms with E-state index in [4.69, 9.17) is 15.3 Å². The molecule has 4 rings (SSSR count). The molecule has 0 fully saturated rings. The van der Waals surface area contributed by atoms with Gasteiger partial charge in [-0.3, -0.25) is 4.98 Å². The van der Waals surface area contributed by atoms with Gasteiger partial charge in [-0.15, -0.1) is 0 Å². The van der Waals surface area contributed by atoms with Crippen molar-refractivity contribution < 1.29 is 18.3 Å². The van der Waals surface area contributed by atoms with E-state index < -0.39 is 11.6 Å². The van der Waals surface area contributed by atoms with Crippen molar-refractivity contribution in [3.8, 4) is 34.7 Å². The van der Waals surface area contributed by atoms with Crippen molar-refractivity contribution in [2.45, 2.75) is 23.6 Å². The number of oxazole rings is 1. The summed E-state index contributed by atoms with van der Waals surface area (Å²) in [6.45, 7) is 0.0515. The molecule has 1 aromatic carbocycles. The van der Waals surface area contributed by atoms with Gasteiger partial charge in [0.05, 0.1) is 11.3 Å². The van der Waals surface area contributed by atoms with Crippen LogP contribution in [0.2, 0.25) is 0 Å². The third-order valence-electron chi connectivity index (χ3n) is 5.20. The number of benzene rings is 1. The van der Waals surface area contributed by atoms with E-state index in [1.165, 1.54) is 24.1 Å². The van der Waals surface area contributed by atoms with Gasteiger partial charge in [0.15, 0.2) is 11.6 Å². The van der Waals surface area contributed by atoms with Gasteiger partial charge in [-0.25, -0.2) is 18.7 Å². The molecule has 0 bridgehead atoms. The van der Waals surface area contributed by atoms with E-state index in [9.17, 15) is 19.3 Å². The summed E-state index contributed by atoms with van der Waals surface area (Å²) in [6.07, 6.45) is 4.10. The summed E-state index contributed by atoms with van der Waals surface area (Å²) in [4.78, 5) is 12.9. The highest BCUT2D eigenvalue weighted by Crippen LogP contribution is 2.36. The predicted octanol–water partition coefficient (Wildman–Crippen LogP) is 4.62. The average Bonchev–Trinajstić information content (AvgIpc) is 3.37.